The molecule has 1 aromatic carbocycles. The minimum absolute atomic E-state index is 0.0961. The van der Waals surface area contributed by atoms with E-state index in [9.17, 15) is 9.59 Å². The number of amides is 2. The summed E-state index contributed by atoms with van der Waals surface area (Å²) in [6, 6.07) is 4.67. The molecule has 18 heavy (non-hydrogen) atoms. The maximum absolute atomic E-state index is 11.7. The number of nitrogens with one attached hydrogen (secondary N) is 2. The van der Waals surface area contributed by atoms with Crippen LogP contribution in [0.5, 0.6) is 0 Å². The summed E-state index contributed by atoms with van der Waals surface area (Å²) in [5, 5.41) is 5.57. The number of nitrogens with two attached hydrogens (primary N) is 1. The van der Waals surface area contributed by atoms with E-state index in [0.29, 0.717) is 22.8 Å². The zero-order chi connectivity index (χ0) is 13.5. The lowest BCUT2D eigenvalue weighted by molar-refractivity contribution is -0.120. The lowest BCUT2D eigenvalue weighted by Crippen LogP contribution is -2.30. The average molecular weight is 270 g/mol. The molecular weight excluding hydrogens is 254 g/mol. The van der Waals surface area contributed by atoms with Gasteiger partial charge in [-0.1, -0.05) is 11.6 Å². The van der Waals surface area contributed by atoms with Crippen molar-refractivity contribution in [3.05, 3.63) is 28.8 Å². The second-order valence-electron chi connectivity index (χ2n) is 3.70. The van der Waals surface area contributed by atoms with Gasteiger partial charge in [0.1, 0.15) is 0 Å². The normalized spacial score (nSPS) is 9.89. The monoisotopic (exact) mass is 269 g/mol. The molecule has 5 nitrogen and oxygen atoms in total. The van der Waals surface area contributed by atoms with Crippen LogP contribution >= 0.6 is 11.6 Å². The number of anilines is 1. The Balaban J connectivity index is 2.48. The minimum atomic E-state index is -0.315. The van der Waals surface area contributed by atoms with Crippen molar-refractivity contribution in [2.45, 2.75) is 13.3 Å². The molecule has 1 rings (SSSR count). The number of benzene rings is 1. The fourth-order valence-corrected chi connectivity index (χ4v) is 1.66. The third-order valence-electron chi connectivity index (χ3n) is 2.25. The average Bonchev–Trinajstić information content (AvgIpc) is 2.29. The van der Waals surface area contributed by atoms with Crippen LogP contribution < -0.4 is 16.4 Å². The molecule has 0 aliphatic heterocycles. The van der Waals surface area contributed by atoms with Crippen molar-refractivity contribution in [2.75, 3.05) is 18.8 Å². The van der Waals surface area contributed by atoms with Crippen LogP contribution in [0.2, 0.25) is 5.02 Å². The fraction of sp³-hybridized carbons (Fsp3) is 0.333. The van der Waals surface area contributed by atoms with Crippen LogP contribution in [-0.4, -0.2) is 24.9 Å². The summed E-state index contributed by atoms with van der Waals surface area (Å²) in [7, 11) is 0. The molecule has 1 aromatic rings. The largest absolute Gasteiger partial charge is 0.399 e. The number of carbonyl (C=O) groups excluding carboxylic acids is 2. The Labute approximate surface area is 111 Å². The Morgan fingerprint density at radius 2 is 2.06 bits per heavy atom. The zero-order valence-corrected chi connectivity index (χ0v) is 10.9. The smallest absolute Gasteiger partial charge is 0.252 e. The maximum atomic E-state index is 11.7. The van der Waals surface area contributed by atoms with Crippen LogP contribution in [0, 0.1) is 0 Å². The molecule has 0 heterocycles. The Hall–Kier alpha value is -1.75. The topological polar surface area (TPSA) is 84.2 Å². The van der Waals surface area contributed by atoms with Gasteiger partial charge in [-0.15, -0.1) is 0 Å². The Morgan fingerprint density at radius 3 is 2.67 bits per heavy atom. The number of carbonyl (C=O) groups is 2. The predicted octanol–water partition coefficient (Wildman–Crippen LogP) is 1.18. The highest BCUT2D eigenvalue weighted by Gasteiger charge is 2.10. The van der Waals surface area contributed by atoms with Gasteiger partial charge in [0.2, 0.25) is 5.91 Å². The summed E-state index contributed by atoms with van der Waals surface area (Å²) in [6.07, 6.45) is 0.242. The van der Waals surface area contributed by atoms with E-state index in [2.05, 4.69) is 10.6 Å². The van der Waals surface area contributed by atoms with Gasteiger partial charge in [-0.3, -0.25) is 9.59 Å². The molecule has 6 heteroatoms. The molecule has 0 bridgehead atoms. The van der Waals surface area contributed by atoms with Crippen LogP contribution in [-0.2, 0) is 4.79 Å². The molecule has 4 N–H and O–H groups in total. The second kappa shape index (κ2) is 6.86. The molecule has 0 saturated carbocycles. The first kappa shape index (κ1) is 14.3. The van der Waals surface area contributed by atoms with E-state index in [-0.39, 0.29) is 24.8 Å². The molecule has 98 valence electrons. The fourth-order valence-electron chi connectivity index (χ4n) is 1.39. The van der Waals surface area contributed by atoms with Gasteiger partial charge in [-0.2, -0.15) is 0 Å². The minimum Gasteiger partial charge on any atom is -0.399 e. The molecule has 2 amide bonds. The van der Waals surface area contributed by atoms with E-state index in [4.69, 9.17) is 17.3 Å². The summed E-state index contributed by atoms with van der Waals surface area (Å²) in [5.74, 6) is -0.412. The van der Waals surface area contributed by atoms with Crippen LogP contribution in [0.3, 0.4) is 0 Å². The third-order valence-corrected chi connectivity index (χ3v) is 2.56. The van der Waals surface area contributed by atoms with E-state index in [0.717, 1.165) is 0 Å². The molecule has 0 spiro atoms. The van der Waals surface area contributed by atoms with Gasteiger partial charge in [0.15, 0.2) is 0 Å². The maximum Gasteiger partial charge on any atom is 0.252 e. The predicted molar refractivity (Wildman–Crippen MR) is 71.5 cm³/mol. The Bertz CT molecular complexity index is 449. The molecular formula is C12H16ClN3O2. The van der Waals surface area contributed by atoms with Crippen molar-refractivity contribution in [1.29, 1.82) is 0 Å². The standard InChI is InChI=1S/C12H16ClN3O2/c1-2-15-11(17)5-6-16-12(18)9-4-3-8(14)7-10(9)13/h3-4,7H,2,5-6,14H2,1H3,(H,15,17)(H,16,18). The van der Waals surface area contributed by atoms with Crippen molar-refractivity contribution >= 4 is 29.1 Å². The van der Waals surface area contributed by atoms with Crippen LogP contribution in [0.1, 0.15) is 23.7 Å². The number of hydrogen-bond acceptors (Lipinski definition) is 3. The molecule has 0 atom stereocenters. The molecule has 0 aromatic heterocycles. The van der Waals surface area contributed by atoms with Crippen LogP contribution in [0.25, 0.3) is 0 Å². The molecule has 0 aliphatic carbocycles. The van der Waals surface area contributed by atoms with Gasteiger partial charge in [-0.05, 0) is 25.1 Å². The number of nitrogen functional groups attached to an aromatic ring is 1. The SMILES string of the molecule is CCNC(=O)CCNC(=O)c1ccc(N)cc1Cl. The number of rotatable bonds is 5. The van der Waals surface area contributed by atoms with E-state index in [1.807, 2.05) is 6.92 Å². The van der Waals surface area contributed by atoms with Gasteiger partial charge in [-0.25, -0.2) is 0 Å². The lowest BCUT2D eigenvalue weighted by Gasteiger charge is -2.07. The second-order valence-corrected chi connectivity index (χ2v) is 4.11. The molecule has 0 unspecified atom stereocenters. The highest BCUT2D eigenvalue weighted by molar-refractivity contribution is 6.34. The zero-order valence-electron chi connectivity index (χ0n) is 10.1. The molecule has 0 aliphatic rings. The van der Waals surface area contributed by atoms with Gasteiger partial charge in [0.05, 0.1) is 10.6 Å². The first-order valence-electron chi connectivity index (χ1n) is 5.64. The van der Waals surface area contributed by atoms with E-state index >= 15 is 0 Å². The lowest BCUT2D eigenvalue weighted by atomic mass is 10.2. The summed E-state index contributed by atoms with van der Waals surface area (Å²) >= 11 is 5.90. The molecule has 0 radical (unpaired) electrons. The summed E-state index contributed by atoms with van der Waals surface area (Å²) in [6.45, 7) is 2.69. The first-order chi connectivity index (χ1) is 8.54. The van der Waals surface area contributed by atoms with Gasteiger partial charge in [0.25, 0.3) is 5.91 Å². The van der Waals surface area contributed by atoms with Crippen molar-refractivity contribution in [3.8, 4) is 0 Å². The van der Waals surface area contributed by atoms with Gasteiger partial charge in [0, 0.05) is 25.2 Å². The Morgan fingerprint density at radius 1 is 1.33 bits per heavy atom. The molecule has 0 fully saturated rings. The highest BCUT2D eigenvalue weighted by atomic mass is 35.5. The first-order valence-corrected chi connectivity index (χ1v) is 6.02. The van der Waals surface area contributed by atoms with Crippen molar-refractivity contribution in [2.24, 2.45) is 0 Å². The van der Waals surface area contributed by atoms with Crippen LogP contribution in [0.4, 0.5) is 5.69 Å². The summed E-state index contributed by atoms with van der Waals surface area (Å²) in [4.78, 5) is 22.9. The van der Waals surface area contributed by atoms with Crippen molar-refractivity contribution < 1.29 is 9.59 Å². The van der Waals surface area contributed by atoms with Gasteiger partial charge >= 0.3 is 0 Å². The van der Waals surface area contributed by atoms with E-state index < -0.39 is 0 Å². The van der Waals surface area contributed by atoms with Crippen LogP contribution in [0.15, 0.2) is 18.2 Å². The summed E-state index contributed by atoms with van der Waals surface area (Å²) < 4.78 is 0. The van der Waals surface area contributed by atoms with Crippen molar-refractivity contribution in [1.82, 2.24) is 10.6 Å². The van der Waals surface area contributed by atoms with E-state index in [1.165, 1.54) is 6.07 Å². The number of hydrogen-bond donors (Lipinski definition) is 3. The van der Waals surface area contributed by atoms with Gasteiger partial charge < -0.3 is 16.4 Å². The highest BCUT2D eigenvalue weighted by Crippen LogP contribution is 2.18. The third kappa shape index (κ3) is 4.25. The summed E-state index contributed by atoms with van der Waals surface area (Å²) in [5.41, 5.74) is 6.38. The number of halogens is 1. The molecule has 0 saturated heterocycles. The Kier molecular flexibility index (Phi) is 5.45. The quantitative estimate of drug-likeness (QED) is 0.702. The van der Waals surface area contributed by atoms with E-state index in [1.54, 1.807) is 12.1 Å². The van der Waals surface area contributed by atoms with Crippen molar-refractivity contribution in [3.63, 3.8) is 0 Å².